The molecule has 3 aliphatic rings. The highest BCUT2D eigenvalue weighted by molar-refractivity contribution is 5.08. The molecule has 0 bridgehead atoms. The second-order valence-electron chi connectivity index (χ2n) is 6.49. The standard InChI is InChI=1S/C15H27NO/c1-16-13-10-14(17-11-12-6-7-12)15(13)8-4-2-3-5-9-15/h12-14,16H,2-11H2,1H3. The molecule has 3 fully saturated rings. The minimum absolute atomic E-state index is 0.500. The van der Waals surface area contributed by atoms with Crippen LogP contribution in [0, 0.1) is 11.3 Å². The van der Waals surface area contributed by atoms with Gasteiger partial charge in [0.25, 0.3) is 0 Å². The van der Waals surface area contributed by atoms with E-state index in [1.54, 1.807) is 0 Å². The molecule has 3 saturated carbocycles. The fourth-order valence-electron chi connectivity index (χ4n) is 3.98. The van der Waals surface area contributed by atoms with Gasteiger partial charge in [-0.15, -0.1) is 0 Å². The van der Waals surface area contributed by atoms with Crippen molar-refractivity contribution in [2.24, 2.45) is 11.3 Å². The smallest absolute Gasteiger partial charge is 0.0661 e. The van der Waals surface area contributed by atoms with E-state index >= 15 is 0 Å². The zero-order valence-electron chi connectivity index (χ0n) is 11.2. The molecule has 1 N–H and O–H groups in total. The van der Waals surface area contributed by atoms with E-state index in [0.717, 1.165) is 18.6 Å². The van der Waals surface area contributed by atoms with Crippen LogP contribution >= 0.6 is 0 Å². The molecule has 17 heavy (non-hydrogen) atoms. The second-order valence-corrected chi connectivity index (χ2v) is 6.49. The van der Waals surface area contributed by atoms with Gasteiger partial charge in [0.2, 0.25) is 0 Å². The Labute approximate surface area is 105 Å². The lowest BCUT2D eigenvalue weighted by atomic mass is 9.58. The van der Waals surface area contributed by atoms with Gasteiger partial charge in [0, 0.05) is 18.1 Å². The Bertz CT molecular complexity index is 254. The summed E-state index contributed by atoms with van der Waals surface area (Å²) in [6.07, 6.45) is 13.2. The predicted molar refractivity (Wildman–Crippen MR) is 70.1 cm³/mol. The van der Waals surface area contributed by atoms with E-state index in [1.807, 2.05) is 0 Å². The monoisotopic (exact) mass is 237 g/mol. The molecule has 0 radical (unpaired) electrons. The largest absolute Gasteiger partial charge is 0.377 e. The third-order valence-electron chi connectivity index (χ3n) is 5.40. The van der Waals surface area contributed by atoms with Crippen molar-refractivity contribution in [3.8, 4) is 0 Å². The van der Waals surface area contributed by atoms with Gasteiger partial charge in [-0.25, -0.2) is 0 Å². The molecule has 2 atom stereocenters. The van der Waals surface area contributed by atoms with Gasteiger partial charge in [0.1, 0.15) is 0 Å². The molecule has 2 unspecified atom stereocenters. The van der Waals surface area contributed by atoms with Gasteiger partial charge in [-0.05, 0) is 45.1 Å². The highest BCUT2D eigenvalue weighted by Crippen LogP contribution is 2.52. The Balaban J connectivity index is 1.62. The molecular formula is C15H27NO. The predicted octanol–water partition coefficient (Wildman–Crippen LogP) is 3.11. The van der Waals surface area contributed by atoms with Gasteiger partial charge in [-0.2, -0.15) is 0 Å². The van der Waals surface area contributed by atoms with E-state index in [2.05, 4.69) is 12.4 Å². The zero-order chi connectivity index (χ0) is 11.7. The first-order chi connectivity index (χ1) is 8.35. The molecule has 0 aliphatic heterocycles. The topological polar surface area (TPSA) is 21.3 Å². The maximum Gasteiger partial charge on any atom is 0.0661 e. The van der Waals surface area contributed by atoms with Crippen LogP contribution in [0.15, 0.2) is 0 Å². The molecule has 2 heteroatoms. The van der Waals surface area contributed by atoms with Crippen molar-refractivity contribution in [2.45, 2.75) is 69.9 Å². The number of hydrogen-bond acceptors (Lipinski definition) is 2. The van der Waals surface area contributed by atoms with Gasteiger partial charge in [0.15, 0.2) is 0 Å². The van der Waals surface area contributed by atoms with E-state index in [-0.39, 0.29) is 0 Å². The summed E-state index contributed by atoms with van der Waals surface area (Å²) >= 11 is 0. The van der Waals surface area contributed by atoms with E-state index in [0.29, 0.717) is 11.5 Å². The van der Waals surface area contributed by atoms with E-state index in [9.17, 15) is 0 Å². The molecule has 0 heterocycles. The van der Waals surface area contributed by atoms with Crippen molar-refractivity contribution in [1.82, 2.24) is 5.32 Å². The van der Waals surface area contributed by atoms with E-state index in [1.165, 1.54) is 57.8 Å². The molecule has 0 amide bonds. The summed E-state index contributed by atoms with van der Waals surface area (Å²) < 4.78 is 6.24. The van der Waals surface area contributed by atoms with Crippen molar-refractivity contribution in [3.63, 3.8) is 0 Å². The second kappa shape index (κ2) is 4.89. The van der Waals surface area contributed by atoms with Crippen LogP contribution in [0.4, 0.5) is 0 Å². The number of rotatable bonds is 4. The molecule has 1 spiro atoms. The van der Waals surface area contributed by atoms with Crippen molar-refractivity contribution < 1.29 is 4.74 Å². The van der Waals surface area contributed by atoms with Crippen molar-refractivity contribution in [3.05, 3.63) is 0 Å². The summed E-state index contributed by atoms with van der Waals surface area (Å²) in [6, 6.07) is 0.727. The maximum atomic E-state index is 6.24. The van der Waals surface area contributed by atoms with Crippen LogP contribution in [-0.4, -0.2) is 25.8 Å². The van der Waals surface area contributed by atoms with E-state index in [4.69, 9.17) is 4.74 Å². The van der Waals surface area contributed by atoms with Crippen LogP contribution < -0.4 is 5.32 Å². The molecule has 3 rings (SSSR count). The Hall–Kier alpha value is -0.0800. The molecule has 98 valence electrons. The first kappa shape index (κ1) is 12.0. The molecule has 0 saturated heterocycles. The van der Waals surface area contributed by atoms with Crippen molar-refractivity contribution in [2.75, 3.05) is 13.7 Å². The Morgan fingerprint density at radius 1 is 1.12 bits per heavy atom. The van der Waals surface area contributed by atoms with Crippen molar-refractivity contribution in [1.29, 1.82) is 0 Å². The average Bonchev–Trinajstić information content (AvgIpc) is 3.14. The third-order valence-corrected chi connectivity index (χ3v) is 5.40. The SMILES string of the molecule is CNC1CC(OCC2CC2)C12CCCCCC2. The van der Waals surface area contributed by atoms with E-state index < -0.39 is 0 Å². The summed E-state index contributed by atoms with van der Waals surface area (Å²) in [6.45, 7) is 1.04. The van der Waals surface area contributed by atoms with Crippen LogP contribution in [0.5, 0.6) is 0 Å². The number of hydrogen-bond donors (Lipinski definition) is 1. The highest BCUT2D eigenvalue weighted by atomic mass is 16.5. The lowest BCUT2D eigenvalue weighted by molar-refractivity contribution is -0.144. The first-order valence-electron chi connectivity index (χ1n) is 7.64. The average molecular weight is 237 g/mol. The summed E-state index contributed by atoms with van der Waals surface area (Å²) in [5.41, 5.74) is 0.500. The number of ether oxygens (including phenoxy) is 1. The summed E-state index contributed by atoms with van der Waals surface area (Å²) in [4.78, 5) is 0. The number of nitrogens with one attached hydrogen (secondary N) is 1. The van der Waals surface area contributed by atoms with Gasteiger partial charge >= 0.3 is 0 Å². The molecule has 0 aromatic carbocycles. The fourth-order valence-corrected chi connectivity index (χ4v) is 3.98. The summed E-state index contributed by atoms with van der Waals surface area (Å²) in [5.74, 6) is 0.909. The summed E-state index contributed by atoms with van der Waals surface area (Å²) in [7, 11) is 2.13. The minimum Gasteiger partial charge on any atom is -0.377 e. The normalized spacial score (nSPS) is 36.5. The zero-order valence-corrected chi connectivity index (χ0v) is 11.2. The van der Waals surface area contributed by atoms with Crippen LogP contribution in [-0.2, 0) is 4.74 Å². The summed E-state index contributed by atoms with van der Waals surface area (Å²) in [5, 5.41) is 3.54. The molecule has 2 nitrogen and oxygen atoms in total. The Kier molecular flexibility index (Phi) is 3.45. The Morgan fingerprint density at radius 2 is 1.82 bits per heavy atom. The fraction of sp³-hybridized carbons (Fsp3) is 1.00. The van der Waals surface area contributed by atoms with Gasteiger partial charge < -0.3 is 10.1 Å². The maximum absolute atomic E-state index is 6.24. The quantitative estimate of drug-likeness (QED) is 0.811. The van der Waals surface area contributed by atoms with Crippen LogP contribution in [0.1, 0.15) is 57.8 Å². The molecule has 0 aromatic heterocycles. The molecular weight excluding hydrogens is 210 g/mol. The van der Waals surface area contributed by atoms with Gasteiger partial charge in [-0.1, -0.05) is 25.7 Å². The van der Waals surface area contributed by atoms with Crippen LogP contribution in [0.2, 0.25) is 0 Å². The van der Waals surface area contributed by atoms with Crippen LogP contribution in [0.25, 0.3) is 0 Å². The molecule has 0 aromatic rings. The lowest BCUT2D eigenvalue weighted by Gasteiger charge is -2.56. The minimum atomic E-state index is 0.500. The third kappa shape index (κ3) is 2.26. The lowest BCUT2D eigenvalue weighted by Crippen LogP contribution is -2.63. The van der Waals surface area contributed by atoms with Crippen LogP contribution in [0.3, 0.4) is 0 Å². The van der Waals surface area contributed by atoms with Gasteiger partial charge in [0.05, 0.1) is 6.10 Å². The highest BCUT2D eigenvalue weighted by Gasteiger charge is 2.54. The van der Waals surface area contributed by atoms with Gasteiger partial charge in [-0.3, -0.25) is 0 Å². The molecule has 3 aliphatic carbocycles. The Morgan fingerprint density at radius 3 is 2.41 bits per heavy atom. The first-order valence-corrected chi connectivity index (χ1v) is 7.64. The van der Waals surface area contributed by atoms with Crippen molar-refractivity contribution >= 4 is 0 Å².